The molecule has 0 radical (unpaired) electrons. The molecule has 6 heteroatoms. The van der Waals surface area contributed by atoms with Gasteiger partial charge in [0.25, 0.3) is 5.91 Å². The lowest BCUT2D eigenvalue weighted by Crippen LogP contribution is -2.39. The summed E-state index contributed by atoms with van der Waals surface area (Å²) in [5.74, 6) is 1.30. The zero-order valence-corrected chi connectivity index (χ0v) is 14.4. The first-order chi connectivity index (χ1) is 11.2. The zero-order valence-electron chi connectivity index (χ0n) is 12.8. The molecule has 0 atom stereocenters. The van der Waals surface area contributed by atoms with Crippen molar-refractivity contribution in [3.05, 3.63) is 52.8 Å². The van der Waals surface area contributed by atoms with Crippen LogP contribution in [0.4, 0.5) is 5.95 Å². The van der Waals surface area contributed by atoms with E-state index in [9.17, 15) is 4.79 Å². The van der Waals surface area contributed by atoms with Gasteiger partial charge >= 0.3 is 0 Å². The molecule has 5 nitrogen and oxygen atoms in total. The molecular weight excluding hydrogens is 356 g/mol. The van der Waals surface area contributed by atoms with Crippen LogP contribution in [0, 0.1) is 5.92 Å². The first kappa shape index (κ1) is 15.9. The fourth-order valence-electron chi connectivity index (χ4n) is 2.73. The van der Waals surface area contributed by atoms with E-state index in [0.717, 1.165) is 42.9 Å². The van der Waals surface area contributed by atoms with Crippen molar-refractivity contribution >= 4 is 27.8 Å². The molecule has 1 fully saturated rings. The van der Waals surface area contributed by atoms with Crippen LogP contribution in [0.25, 0.3) is 0 Å². The summed E-state index contributed by atoms with van der Waals surface area (Å²) in [5, 5.41) is 3.04. The highest BCUT2D eigenvalue weighted by Gasteiger charge is 2.21. The number of nitrogens with one attached hydrogen (secondary N) is 1. The van der Waals surface area contributed by atoms with Crippen LogP contribution >= 0.6 is 15.9 Å². The SMILES string of the molecule is O=C(NCC1CCN(c2ncccn2)CC1)c1ccc(Br)cc1. The molecule has 1 aromatic carbocycles. The molecule has 1 amide bonds. The van der Waals surface area contributed by atoms with E-state index in [0.29, 0.717) is 11.5 Å². The molecule has 3 rings (SSSR count). The Morgan fingerprint density at radius 1 is 1.17 bits per heavy atom. The fourth-order valence-corrected chi connectivity index (χ4v) is 3.00. The number of benzene rings is 1. The van der Waals surface area contributed by atoms with Gasteiger partial charge in [-0.3, -0.25) is 4.79 Å². The Balaban J connectivity index is 1.46. The van der Waals surface area contributed by atoms with Gasteiger partial charge < -0.3 is 10.2 Å². The molecule has 1 aliphatic heterocycles. The van der Waals surface area contributed by atoms with Gasteiger partial charge in [-0.15, -0.1) is 0 Å². The average Bonchev–Trinajstić information content (AvgIpc) is 2.61. The Morgan fingerprint density at radius 2 is 1.83 bits per heavy atom. The zero-order chi connectivity index (χ0) is 16.1. The van der Waals surface area contributed by atoms with Gasteiger partial charge in [0.1, 0.15) is 0 Å². The lowest BCUT2D eigenvalue weighted by atomic mass is 9.97. The third kappa shape index (κ3) is 4.28. The van der Waals surface area contributed by atoms with E-state index in [1.165, 1.54) is 0 Å². The van der Waals surface area contributed by atoms with Gasteiger partial charge in [-0.05, 0) is 49.1 Å². The molecule has 2 heterocycles. The topological polar surface area (TPSA) is 58.1 Å². The van der Waals surface area contributed by atoms with E-state index >= 15 is 0 Å². The molecule has 0 bridgehead atoms. The number of carbonyl (C=O) groups is 1. The van der Waals surface area contributed by atoms with Crippen molar-refractivity contribution in [3.8, 4) is 0 Å². The van der Waals surface area contributed by atoms with Crippen LogP contribution in [0.1, 0.15) is 23.2 Å². The van der Waals surface area contributed by atoms with Crippen LogP contribution in [0.2, 0.25) is 0 Å². The van der Waals surface area contributed by atoms with Crippen molar-refractivity contribution < 1.29 is 4.79 Å². The molecule has 1 N–H and O–H groups in total. The molecule has 1 saturated heterocycles. The molecule has 120 valence electrons. The molecule has 1 aromatic heterocycles. The van der Waals surface area contributed by atoms with Crippen molar-refractivity contribution in [2.24, 2.45) is 5.92 Å². The first-order valence-electron chi connectivity index (χ1n) is 7.78. The Labute approximate surface area is 144 Å². The molecule has 23 heavy (non-hydrogen) atoms. The minimum atomic E-state index is -0.00803. The highest BCUT2D eigenvalue weighted by molar-refractivity contribution is 9.10. The summed E-state index contributed by atoms with van der Waals surface area (Å²) in [6, 6.07) is 9.25. The van der Waals surface area contributed by atoms with Gasteiger partial charge in [-0.2, -0.15) is 0 Å². The Kier molecular flexibility index (Phi) is 5.23. The number of carbonyl (C=O) groups excluding carboxylic acids is 1. The minimum absolute atomic E-state index is 0.00803. The maximum Gasteiger partial charge on any atom is 0.251 e. The maximum atomic E-state index is 12.1. The van der Waals surface area contributed by atoms with Crippen molar-refractivity contribution in [2.45, 2.75) is 12.8 Å². The smallest absolute Gasteiger partial charge is 0.251 e. The van der Waals surface area contributed by atoms with Crippen LogP contribution in [0.3, 0.4) is 0 Å². The van der Waals surface area contributed by atoms with Crippen molar-refractivity contribution in [1.29, 1.82) is 0 Å². The van der Waals surface area contributed by atoms with E-state index < -0.39 is 0 Å². The van der Waals surface area contributed by atoms with Crippen molar-refractivity contribution in [3.63, 3.8) is 0 Å². The monoisotopic (exact) mass is 374 g/mol. The largest absolute Gasteiger partial charge is 0.352 e. The number of hydrogen-bond acceptors (Lipinski definition) is 4. The second-order valence-electron chi connectivity index (χ2n) is 5.70. The molecule has 0 unspecified atom stereocenters. The average molecular weight is 375 g/mol. The minimum Gasteiger partial charge on any atom is -0.352 e. The summed E-state index contributed by atoms with van der Waals surface area (Å²) in [7, 11) is 0. The highest BCUT2D eigenvalue weighted by Crippen LogP contribution is 2.19. The third-order valence-corrected chi connectivity index (χ3v) is 4.64. The lowest BCUT2D eigenvalue weighted by molar-refractivity contribution is 0.0945. The molecule has 0 aliphatic carbocycles. The number of anilines is 1. The fraction of sp³-hybridized carbons (Fsp3) is 0.353. The number of nitrogens with zero attached hydrogens (tertiary/aromatic N) is 3. The van der Waals surface area contributed by atoms with E-state index in [4.69, 9.17) is 0 Å². The van der Waals surface area contributed by atoms with Gasteiger partial charge in [0.2, 0.25) is 5.95 Å². The van der Waals surface area contributed by atoms with E-state index in [2.05, 4.69) is 36.1 Å². The van der Waals surface area contributed by atoms with Gasteiger partial charge in [-0.25, -0.2) is 9.97 Å². The molecular formula is C17H19BrN4O. The van der Waals surface area contributed by atoms with Gasteiger partial charge in [0, 0.05) is 42.1 Å². The predicted molar refractivity (Wildman–Crippen MR) is 93.4 cm³/mol. The van der Waals surface area contributed by atoms with E-state index in [1.807, 2.05) is 30.3 Å². The Bertz CT molecular complexity index is 639. The van der Waals surface area contributed by atoms with Gasteiger partial charge in [0.15, 0.2) is 0 Å². The van der Waals surface area contributed by atoms with Crippen LogP contribution in [-0.2, 0) is 0 Å². The van der Waals surface area contributed by atoms with Gasteiger partial charge in [-0.1, -0.05) is 15.9 Å². The second kappa shape index (κ2) is 7.55. The Morgan fingerprint density at radius 3 is 2.48 bits per heavy atom. The maximum absolute atomic E-state index is 12.1. The van der Waals surface area contributed by atoms with Gasteiger partial charge in [0.05, 0.1) is 0 Å². The summed E-state index contributed by atoms with van der Waals surface area (Å²) < 4.78 is 0.976. The summed E-state index contributed by atoms with van der Waals surface area (Å²) in [6.07, 6.45) is 5.62. The van der Waals surface area contributed by atoms with E-state index in [1.54, 1.807) is 12.4 Å². The van der Waals surface area contributed by atoms with Crippen molar-refractivity contribution in [2.75, 3.05) is 24.5 Å². The summed E-state index contributed by atoms with van der Waals surface area (Å²) in [4.78, 5) is 22.9. The van der Waals surface area contributed by atoms with Crippen molar-refractivity contribution in [1.82, 2.24) is 15.3 Å². The lowest BCUT2D eigenvalue weighted by Gasteiger charge is -2.31. The molecule has 0 spiro atoms. The predicted octanol–water partition coefficient (Wildman–Crippen LogP) is 2.89. The number of rotatable bonds is 4. The quantitative estimate of drug-likeness (QED) is 0.893. The summed E-state index contributed by atoms with van der Waals surface area (Å²) in [6.45, 7) is 2.59. The van der Waals surface area contributed by atoms with Crippen LogP contribution in [-0.4, -0.2) is 35.5 Å². The second-order valence-corrected chi connectivity index (χ2v) is 6.61. The number of aromatic nitrogens is 2. The number of halogens is 1. The number of piperidine rings is 1. The summed E-state index contributed by atoms with van der Waals surface area (Å²) >= 11 is 3.37. The summed E-state index contributed by atoms with van der Waals surface area (Å²) in [5.41, 5.74) is 0.698. The van der Waals surface area contributed by atoms with Crippen LogP contribution in [0.5, 0.6) is 0 Å². The van der Waals surface area contributed by atoms with E-state index in [-0.39, 0.29) is 5.91 Å². The normalized spacial score (nSPS) is 15.4. The highest BCUT2D eigenvalue weighted by atomic mass is 79.9. The standard InChI is InChI=1S/C17H19BrN4O/c18-15-4-2-14(3-5-15)16(23)21-12-13-6-10-22(11-7-13)17-19-8-1-9-20-17/h1-5,8-9,13H,6-7,10-12H2,(H,21,23). The molecule has 1 aliphatic rings. The molecule has 0 saturated carbocycles. The third-order valence-electron chi connectivity index (χ3n) is 4.11. The number of amides is 1. The Hall–Kier alpha value is -1.95. The van der Waals surface area contributed by atoms with Crippen LogP contribution in [0.15, 0.2) is 47.2 Å². The first-order valence-corrected chi connectivity index (χ1v) is 8.57. The van der Waals surface area contributed by atoms with Crippen LogP contribution < -0.4 is 10.2 Å². The molecule has 2 aromatic rings. The number of hydrogen-bond donors (Lipinski definition) is 1.